The van der Waals surface area contributed by atoms with E-state index in [1.807, 2.05) is 26.0 Å². The van der Waals surface area contributed by atoms with Gasteiger partial charge < -0.3 is 9.80 Å². The first-order valence-electron chi connectivity index (χ1n) is 9.86. The number of rotatable bonds is 4. The molecular formula is C20H27N5O2S. The van der Waals surface area contributed by atoms with E-state index in [2.05, 4.69) is 19.8 Å². The minimum Gasteiger partial charge on any atom is -0.356 e. The summed E-state index contributed by atoms with van der Waals surface area (Å²) in [5.74, 6) is 2.63. The fourth-order valence-electron chi connectivity index (χ4n) is 3.89. The van der Waals surface area contributed by atoms with E-state index < -0.39 is 10.0 Å². The summed E-state index contributed by atoms with van der Waals surface area (Å²) < 4.78 is 27.5. The van der Waals surface area contributed by atoms with E-state index in [0.29, 0.717) is 31.1 Å². The molecule has 150 valence electrons. The monoisotopic (exact) mass is 401 g/mol. The van der Waals surface area contributed by atoms with Crippen LogP contribution in [0.2, 0.25) is 0 Å². The van der Waals surface area contributed by atoms with Gasteiger partial charge in [0.2, 0.25) is 10.0 Å². The lowest BCUT2D eigenvalue weighted by molar-refractivity contribution is 0.383. The molecule has 0 bridgehead atoms. The lowest BCUT2D eigenvalue weighted by Gasteiger charge is -2.35. The third-order valence-electron chi connectivity index (χ3n) is 5.43. The Morgan fingerprint density at radius 3 is 2.04 bits per heavy atom. The highest BCUT2D eigenvalue weighted by molar-refractivity contribution is 7.89. The number of hydrogen-bond acceptors (Lipinski definition) is 6. The molecule has 2 aromatic rings. The van der Waals surface area contributed by atoms with Gasteiger partial charge in [0.15, 0.2) is 0 Å². The SMILES string of the molecule is Cc1cccc(S(=O)(=O)N2CCN(c3cc(N4CCCC4)nc(C)n3)CC2)c1. The predicted molar refractivity (Wildman–Crippen MR) is 110 cm³/mol. The van der Waals surface area contributed by atoms with Crippen LogP contribution >= 0.6 is 0 Å². The van der Waals surface area contributed by atoms with Crippen molar-refractivity contribution in [3.05, 3.63) is 41.7 Å². The molecule has 28 heavy (non-hydrogen) atoms. The van der Waals surface area contributed by atoms with Crippen LogP contribution in [-0.4, -0.2) is 62.0 Å². The predicted octanol–water partition coefficient (Wildman–Crippen LogP) is 2.20. The first-order chi connectivity index (χ1) is 13.4. The lowest BCUT2D eigenvalue weighted by atomic mass is 10.2. The van der Waals surface area contributed by atoms with Crippen molar-refractivity contribution in [2.75, 3.05) is 49.1 Å². The highest BCUT2D eigenvalue weighted by atomic mass is 32.2. The Balaban J connectivity index is 1.48. The molecule has 2 aliphatic rings. The van der Waals surface area contributed by atoms with Gasteiger partial charge in [0.05, 0.1) is 4.90 Å². The first kappa shape index (κ1) is 19.1. The zero-order chi connectivity index (χ0) is 19.7. The third kappa shape index (κ3) is 3.84. The van der Waals surface area contributed by atoms with E-state index in [-0.39, 0.29) is 0 Å². The van der Waals surface area contributed by atoms with Crippen molar-refractivity contribution in [3.8, 4) is 0 Å². The molecule has 1 aromatic heterocycles. The van der Waals surface area contributed by atoms with Gasteiger partial charge in [-0.25, -0.2) is 18.4 Å². The summed E-state index contributed by atoms with van der Waals surface area (Å²) in [5, 5.41) is 0. The molecule has 1 aromatic carbocycles. The smallest absolute Gasteiger partial charge is 0.243 e. The number of anilines is 2. The molecule has 8 heteroatoms. The zero-order valence-corrected chi connectivity index (χ0v) is 17.3. The minimum atomic E-state index is -3.45. The molecule has 0 saturated carbocycles. The van der Waals surface area contributed by atoms with Crippen molar-refractivity contribution >= 4 is 21.7 Å². The molecule has 0 spiro atoms. The Labute approximate surface area is 167 Å². The van der Waals surface area contributed by atoms with Crippen LogP contribution in [-0.2, 0) is 10.0 Å². The van der Waals surface area contributed by atoms with Crippen LogP contribution in [0.1, 0.15) is 24.2 Å². The van der Waals surface area contributed by atoms with Gasteiger partial charge in [-0.2, -0.15) is 4.31 Å². The summed E-state index contributed by atoms with van der Waals surface area (Å²) in [4.78, 5) is 14.0. The summed E-state index contributed by atoms with van der Waals surface area (Å²) in [7, 11) is -3.45. The summed E-state index contributed by atoms with van der Waals surface area (Å²) in [6.07, 6.45) is 2.40. The number of piperazine rings is 1. The maximum atomic E-state index is 12.9. The summed E-state index contributed by atoms with van der Waals surface area (Å²) >= 11 is 0. The molecule has 0 atom stereocenters. The number of aryl methyl sites for hydroxylation is 2. The Bertz CT molecular complexity index is 949. The molecule has 0 amide bonds. The molecule has 2 saturated heterocycles. The molecule has 0 aliphatic carbocycles. The Hall–Kier alpha value is -2.19. The van der Waals surface area contributed by atoms with Crippen LogP contribution < -0.4 is 9.80 Å². The summed E-state index contributed by atoms with van der Waals surface area (Å²) in [5.41, 5.74) is 0.950. The zero-order valence-electron chi connectivity index (χ0n) is 16.5. The van der Waals surface area contributed by atoms with Crippen LogP contribution in [0.4, 0.5) is 11.6 Å². The van der Waals surface area contributed by atoms with Crippen LogP contribution in [0, 0.1) is 13.8 Å². The molecule has 7 nitrogen and oxygen atoms in total. The number of sulfonamides is 1. The Kier molecular flexibility index (Phi) is 5.25. The topological polar surface area (TPSA) is 69.6 Å². The van der Waals surface area contributed by atoms with Gasteiger partial charge in [-0.05, 0) is 44.4 Å². The summed E-state index contributed by atoms with van der Waals surface area (Å²) in [6.45, 7) is 8.07. The number of nitrogens with zero attached hydrogens (tertiary/aromatic N) is 5. The largest absolute Gasteiger partial charge is 0.356 e. The van der Waals surface area contributed by atoms with Crippen molar-refractivity contribution in [1.82, 2.24) is 14.3 Å². The van der Waals surface area contributed by atoms with Crippen molar-refractivity contribution in [2.45, 2.75) is 31.6 Å². The average Bonchev–Trinajstić information content (AvgIpc) is 3.22. The highest BCUT2D eigenvalue weighted by Gasteiger charge is 2.29. The Morgan fingerprint density at radius 1 is 0.821 bits per heavy atom. The van der Waals surface area contributed by atoms with Crippen LogP contribution in [0.15, 0.2) is 35.2 Å². The Morgan fingerprint density at radius 2 is 1.43 bits per heavy atom. The second kappa shape index (κ2) is 7.67. The third-order valence-corrected chi connectivity index (χ3v) is 7.33. The van der Waals surface area contributed by atoms with E-state index in [4.69, 9.17) is 0 Å². The second-order valence-electron chi connectivity index (χ2n) is 7.53. The molecule has 2 aliphatic heterocycles. The van der Waals surface area contributed by atoms with E-state index in [1.165, 1.54) is 12.8 Å². The maximum absolute atomic E-state index is 12.9. The maximum Gasteiger partial charge on any atom is 0.243 e. The van der Waals surface area contributed by atoms with E-state index in [0.717, 1.165) is 36.1 Å². The van der Waals surface area contributed by atoms with Crippen LogP contribution in [0.3, 0.4) is 0 Å². The summed E-state index contributed by atoms with van der Waals surface area (Å²) in [6, 6.07) is 9.15. The van der Waals surface area contributed by atoms with Gasteiger partial charge in [0.1, 0.15) is 17.5 Å². The normalized spacial score (nSPS) is 18.6. The lowest BCUT2D eigenvalue weighted by Crippen LogP contribution is -2.49. The quantitative estimate of drug-likeness (QED) is 0.782. The fourth-order valence-corrected chi connectivity index (χ4v) is 5.42. The molecule has 0 N–H and O–H groups in total. The van der Waals surface area contributed by atoms with Crippen LogP contribution in [0.5, 0.6) is 0 Å². The fraction of sp³-hybridized carbons (Fsp3) is 0.500. The van der Waals surface area contributed by atoms with Gasteiger partial charge in [-0.3, -0.25) is 0 Å². The van der Waals surface area contributed by atoms with E-state index in [9.17, 15) is 8.42 Å². The first-order valence-corrected chi connectivity index (χ1v) is 11.3. The van der Waals surface area contributed by atoms with Gasteiger partial charge in [-0.1, -0.05) is 12.1 Å². The molecule has 2 fully saturated rings. The van der Waals surface area contributed by atoms with Crippen molar-refractivity contribution in [2.24, 2.45) is 0 Å². The average molecular weight is 402 g/mol. The van der Waals surface area contributed by atoms with Crippen LogP contribution in [0.25, 0.3) is 0 Å². The van der Waals surface area contributed by atoms with E-state index in [1.54, 1.807) is 22.5 Å². The molecule has 0 unspecified atom stereocenters. The minimum absolute atomic E-state index is 0.371. The van der Waals surface area contributed by atoms with E-state index >= 15 is 0 Å². The van der Waals surface area contributed by atoms with Crippen molar-refractivity contribution in [1.29, 1.82) is 0 Å². The molecule has 4 rings (SSSR count). The van der Waals surface area contributed by atoms with Gasteiger partial charge in [-0.15, -0.1) is 0 Å². The van der Waals surface area contributed by atoms with Gasteiger partial charge in [0.25, 0.3) is 0 Å². The standard InChI is InChI=1S/C20H27N5O2S/c1-16-6-5-7-18(14-16)28(26,27)25-12-10-24(11-13-25)20-15-19(21-17(2)22-20)23-8-3-4-9-23/h5-7,14-15H,3-4,8-13H2,1-2H3. The molecule has 3 heterocycles. The highest BCUT2D eigenvalue weighted by Crippen LogP contribution is 2.25. The van der Waals surface area contributed by atoms with Gasteiger partial charge in [0, 0.05) is 45.3 Å². The van der Waals surface area contributed by atoms with Crippen molar-refractivity contribution < 1.29 is 8.42 Å². The number of benzene rings is 1. The molecule has 0 radical (unpaired) electrons. The number of aromatic nitrogens is 2. The van der Waals surface area contributed by atoms with Crippen molar-refractivity contribution in [3.63, 3.8) is 0 Å². The number of hydrogen-bond donors (Lipinski definition) is 0. The van der Waals surface area contributed by atoms with Gasteiger partial charge >= 0.3 is 0 Å². The second-order valence-corrected chi connectivity index (χ2v) is 9.47. The molecular weight excluding hydrogens is 374 g/mol.